The van der Waals surface area contributed by atoms with E-state index < -0.39 is 0 Å². The first-order valence-corrected chi connectivity index (χ1v) is 8.04. The molecule has 0 unspecified atom stereocenters. The molecule has 3 nitrogen and oxygen atoms in total. The van der Waals surface area contributed by atoms with E-state index in [1.165, 1.54) is 11.1 Å². The van der Waals surface area contributed by atoms with Crippen LogP contribution in [0.2, 0.25) is 0 Å². The van der Waals surface area contributed by atoms with Crippen LogP contribution in [0.5, 0.6) is 0 Å². The standard InChI is InChI=1S/C17H20N2OS/c18-16(19-20)12-7-13-21-17(14-8-3-1-4-9-14)15-10-5-2-6-11-15/h1-6,8-11,17,20H,7,12-13H2,(H2,18,19). The number of oxime groups is 1. The number of nitrogens with zero attached hydrogens (tertiary/aromatic N) is 1. The van der Waals surface area contributed by atoms with Gasteiger partial charge in [0, 0.05) is 6.42 Å². The van der Waals surface area contributed by atoms with Crippen LogP contribution in [0, 0.1) is 0 Å². The number of nitrogens with two attached hydrogens (primary N) is 1. The normalized spacial score (nSPS) is 11.8. The molecule has 0 heterocycles. The van der Waals surface area contributed by atoms with E-state index in [-0.39, 0.29) is 0 Å². The summed E-state index contributed by atoms with van der Waals surface area (Å²) < 4.78 is 0. The summed E-state index contributed by atoms with van der Waals surface area (Å²) in [5.74, 6) is 1.26. The van der Waals surface area contributed by atoms with E-state index in [0.717, 1.165) is 12.2 Å². The first-order valence-electron chi connectivity index (χ1n) is 6.99. The Bertz CT molecular complexity index is 518. The van der Waals surface area contributed by atoms with Gasteiger partial charge in [-0.2, -0.15) is 0 Å². The molecule has 0 aliphatic rings. The molecule has 21 heavy (non-hydrogen) atoms. The maximum atomic E-state index is 8.56. The van der Waals surface area contributed by atoms with Crippen molar-refractivity contribution in [1.82, 2.24) is 0 Å². The Hall–Kier alpha value is -1.94. The van der Waals surface area contributed by atoms with Crippen molar-refractivity contribution in [2.45, 2.75) is 18.1 Å². The lowest BCUT2D eigenvalue weighted by Crippen LogP contribution is -2.11. The fourth-order valence-corrected chi connectivity index (χ4v) is 3.39. The van der Waals surface area contributed by atoms with Crippen LogP contribution in [0.25, 0.3) is 0 Å². The molecule has 3 N–H and O–H groups in total. The summed E-state index contributed by atoms with van der Waals surface area (Å²) in [4.78, 5) is 0. The van der Waals surface area contributed by atoms with E-state index in [1.807, 2.05) is 23.9 Å². The minimum atomic E-state index is 0.298. The molecule has 110 valence electrons. The molecule has 2 rings (SSSR count). The number of hydrogen-bond donors (Lipinski definition) is 2. The molecule has 0 saturated carbocycles. The van der Waals surface area contributed by atoms with E-state index in [4.69, 9.17) is 10.9 Å². The quantitative estimate of drug-likeness (QED) is 0.267. The van der Waals surface area contributed by atoms with Crippen LogP contribution in [-0.2, 0) is 0 Å². The van der Waals surface area contributed by atoms with Gasteiger partial charge >= 0.3 is 0 Å². The second kappa shape index (κ2) is 8.37. The fourth-order valence-electron chi connectivity index (χ4n) is 2.15. The minimum absolute atomic E-state index is 0.298. The van der Waals surface area contributed by atoms with Crippen molar-refractivity contribution in [3.63, 3.8) is 0 Å². The molecule has 0 saturated heterocycles. The van der Waals surface area contributed by atoms with Gasteiger partial charge in [0.1, 0.15) is 5.84 Å². The molecule has 0 fully saturated rings. The highest BCUT2D eigenvalue weighted by Gasteiger charge is 2.13. The van der Waals surface area contributed by atoms with Crippen LogP contribution < -0.4 is 5.73 Å². The molecule has 0 atom stereocenters. The van der Waals surface area contributed by atoms with Crippen LogP contribution in [-0.4, -0.2) is 16.8 Å². The summed E-state index contributed by atoms with van der Waals surface area (Å²) in [6, 6.07) is 21.0. The molecule has 4 heteroatoms. The number of amidine groups is 1. The molecular formula is C17H20N2OS. The predicted octanol–water partition coefficient (Wildman–Crippen LogP) is 4.04. The van der Waals surface area contributed by atoms with Gasteiger partial charge in [-0.25, -0.2) is 0 Å². The van der Waals surface area contributed by atoms with E-state index in [0.29, 0.717) is 17.5 Å². The Morgan fingerprint density at radius 1 is 1.00 bits per heavy atom. The lowest BCUT2D eigenvalue weighted by atomic mass is 10.0. The molecule has 0 radical (unpaired) electrons. The van der Waals surface area contributed by atoms with Crippen molar-refractivity contribution in [1.29, 1.82) is 0 Å². The second-order valence-corrected chi connectivity index (χ2v) is 5.98. The second-order valence-electron chi connectivity index (χ2n) is 4.77. The van der Waals surface area contributed by atoms with Gasteiger partial charge in [0.2, 0.25) is 0 Å². The van der Waals surface area contributed by atoms with Gasteiger partial charge in [-0.1, -0.05) is 65.8 Å². The van der Waals surface area contributed by atoms with E-state index >= 15 is 0 Å². The summed E-state index contributed by atoms with van der Waals surface area (Å²) in [5.41, 5.74) is 8.11. The zero-order chi connectivity index (χ0) is 14.9. The molecule has 2 aromatic carbocycles. The van der Waals surface area contributed by atoms with Crippen molar-refractivity contribution in [2.75, 3.05) is 5.75 Å². The number of rotatable bonds is 7. The number of hydrogen-bond acceptors (Lipinski definition) is 3. The van der Waals surface area contributed by atoms with Crippen LogP contribution in [0.1, 0.15) is 29.2 Å². The molecule has 0 spiro atoms. The Labute approximate surface area is 129 Å². The van der Waals surface area contributed by atoms with Gasteiger partial charge in [-0.05, 0) is 23.3 Å². The predicted molar refractivity (Wildman–Crippen MR) is 89.8 cm³/mol. The van der Waals surface area contributed by atoms with Crippen LogP contribution >= 0.6 is 11.8 Å². The molecule has 0 amide bonds. The highest BCUT2D eigenvalue weighted by Crippen LogP contribution is 2.35. The molecule has 0 aliphatic carbocycles. The van der Waals surface area contributed by atoms with Crippen molar-refractivity contribution < 1.29 is 5.21 Å². The Kier molecular flexibility index (Phi) is 6.16. The number of thioether (sulfide) groups is 1. The summed E-state index contributed by atoms with van der Waals surface area (Å²) in [6.07, 6.45) is 1.52. The van der Waals surface area contributed by atoms with Crippen LogP contribution in [0.15, 0.2) is 65.8 Å². The zero-order valence-electron chi connectivity index (χ0n) is 11.9. The van der Waals surface area contributed by atoms with Crippen LogP contribution in [0.4, 0.5) is 0 Å². The third-order valence-corrected chi connectivity index (χ3v) is 4.60. The summed E-state index contributed by atoms with van der Waals surface area (Å²) in [5, 5.41) is 11.9. The van der Waals surface area contributed by atoms with E-state index in [1.54, 1.807) is 0 Å². The van der Waals surface area contributed by atoms with Crippen molar-refractivity contribution >= 4 is 17.6 Å². The molecule has 2 aromatic rings. The third kappa shape index (κ3) is 4.83. The topological polar surface area (TPSA) is 58.6 Å². The molecule has 0 aromatic heterocycles. The monoisotopic (exact) mass is 300 g/mol. The average molecular weight is 300 g/mol. The van der Waals surface area contributed by atoms with Gasteiger partial charge in [0.25, 0.3) is 0 Å². The van der Waals surface area contributed by atoms with Gasteiger partial charge in [0.05, 0.1) is 5.25 Å². The summed E-state index contributed by atoms with van der Waals surface area (Å²) in [6.45, 7) is 0. The van der Waals surface area contributed by atoms with Gasteiger partial charge in [-0.15, -0.1) is 11.8 Å². The minimum Gasteiger partial charge on any atom is -0.409 e. The van der Waals surface area contributed by atoms with Crippen molar-refractivity contribution in [3.8, 4) is 0 Å². The van der Waals surface area contributed by atoms with Crippen molar-refractivity contribution in [2.24, 2.45) is 10.9 Å². The Morgan fingerprint density at radius 2 is 1.52 bits per heavy atom. The van der Waals surface area contributed by atoms with E-state index in [2.05, 4.69) is 53.7 Å². The van der Waals surface area contributed by atoms with Gasteiger partial charge < -0.3 is 10.9 Å². The zero-order valence-corrected chi connectivity index (χ0v) is 12.7. The lowest BCUT2D eigenvalue weighted by Gasteiger charge is -2.17. The molecular weight excluding hydrogens is 280 g/mol. The molecule has 0 bridgehead atoms. The summed E-state index contributed by atoms with van der Waals surface area (Å²) in [7, 11) is 0. The molecule has 0 aliphatic heterocycles. The van der Waals surface area contributed by atoms with Crippen LogP contribution in [0.3, 0.4) is 0 Å². The first kappa shape index (κ1) is 15.4. The Morgan fingerprint density at radius 3 is 2.00 bits per heavy atom. The summed E-state index contributed by atoms with van der Waals surface area (Å²) >= 11 is 1.89. The van der Waals surface area contributed by atoms with Gasteiger partial charge in [-0.3, -0.25) is 0 Å². The maximum Gasteiger partial charge on any atom is 0.139 e. The smallest absolute Gasteiger partial charge is 0.139 e. The largest absolute Gasteiger partial charge is 0.409 e. The highest BCUT2D eigenvalue weighted by molar-refractivity contribution is 7.99. The first-order chi connectivity index (χ1) is 10.3. The fraction of sp³-hybridized carbons (Fsp3) is 0.235. The highest BCUT2D eigenvalue weighted by atomic mass is 32.2. The van der Waals surface area contributed by atoms with Gasteiger partial charge in [0.15, 0.2) is 0 Å². The lowest BCUT2D eigenvalue weighted by molar-refractivity contribution is 0.317. The van der Waals surface area contributed by atoms with Crippen molar-refractivity contribution in [3.05, 3.63) is 71.8 Å². The third-order valence-electron chi connectivity index (χ3n) is 3.19. The SMILES string of the molecule is N/C(CCCSC(c1ccccc1)c1ccccc1)=N\O. The Balaban J connectivity index is 2.04. The number of benzene rings is 2. The maximum absolute atomic E-state index is 8.56. The van der Waals surface area contributed by atoms with E-state index in [9.17, 15) is 0 Å². The average Bonchev–Trinajstić information content (AvgIpc) is 2.56.